The zero-order valence-corrected chi connectivity index (χ0v) is 13.1. The number of ether oxygens (including phenoxy) is 1. The maximum atomic E-state index is 12.4. The fourth-order valence-corrected chi connectivity index (χ4v) is 3.91. The van der Waals surface area contributed by atoms with E-state index < -0.39 is 5.92 Å². The predicted octanol–water partition coefficient (Wildman–Crippen LogP) is 2.57. The number of benzene rings is 1. The summed E-state index contributed by atoms with van der Waals surface area (Å²) in [6.07, 6.45) is 5.52. The minimum Gasteiger partial charge on any atom is -0.462 e. The molecule has 4 nitrogen and oxygen atoms in total. The summed E-state index contributed by atoms with van der Waals surface area (Å²) in [7, 11) is 2.19. The lowest BCUT2D eigenvalue weighted by Gasteiger charge is -2.46. The van der Waals surface area contributed by atoms with Gasteiger partial charge in [-0.1, -0.05) is 36.8 Å². The summed E-state index contributed by atoms with van der Waals surface area (Å²) in [6.45, 7) is -0.206. The summed E-state index contributed by atoms with van der Waals surface area (Å²) < 4.78 is 5.76. The maximum absolute atomic E-state index is 12.4. The Kier molecular flexibility index (Phi) is 4.79. The molecule has 4 atom stereocenters. The molecule has 2 aliphatic heterocycles. The fraction of sp³-hybridized carbons (Fsp3) is 0.611. The first-order chi connectivity index (χ1) is 10.7. The van der Waals surface area contributed by atoms with Crippen LogP contribution in [0, 0.1) is 0 Å². The molecular weight excluding hydrogens is 278 g/mol. The minimum atomic E-state index is -0.569. The van der Waals surface area contributed by atoms with Crippen molar-refractivity contribution in [2.24, 2.45) is 0 Å². The molecule has 2 heterocycles. The molecule has 2 aliphatic rings. The first-order valence-corrected chi connectivity index (χ1v) is 8.27. The summed E-state index contributed by atoms with van der Waals surface area (Å²) in [6, 6.07) is 10.5. The highest BCUT2D eigenvalue weighted by molar-refractivity contribution is 5.78. The van der Waals surface area contributed by atoms with Gasteiger partial charge in [0, 0.05) is 13.5 Å². The smallest absolute Gasteiger partial charge is 0.316 e. The number of aliphatic hydroxyl groups excluding tert-OH is 1. The van der Waals surface area contributed by atoms with Gasteiger partial charge in [0.25, 0.3) is 0 Å². The first kappa shape index (κ1) is 15.5. The third-order valence-electron chi connectivity index (χ3n) is 5.25. The van der Waals surface area contributed by atoms with Crippen molar-refractivity contribution in [1.82, 2.24) is 4.90 Å². The van der Waals surface area contributed by atoms with Gasteiger partial charge < -0.3 is 14.7 Å². The normalized spacial score (nSPS) is 29.8. The van der Waals surface area contributed by atoms with Crippen molar-refractivity contribution in [3.63, 3.8) is 0 Å². The molecule has 0 aromatic heterocycles. The van der Waals surface area contributed by atoms with Crippen LogP contribution in [0.15, 0.2) is 30.3 Å². The standard InChI is InChI=1S/C18H25NO3.H2/c1-19-14-8-5-9-15(19)11-16(10-14)22-18(21)17(12-20)13-6-3-2-4-7-13;/h2-4,6-7,14-17,20H,5,8-12H2,1H3;1H/t14-,15+,16?,17?;. The molecule has 1 aromatic rings. The number of esters is 1. The summed E-state index contributed by atoms with van der Waals surface area (Å²) in [5.74, 6) is -0.859. The number of fused-ring (bicyclic) bond motifs is 2. The monoisotopic (exact) mass is 305 g/mol. The Balaban J connectivity index is 0.00000192. The number of carbonyl (C=O) groups excluding carboxylic acids is 1. The summed E-state index contributed by atoms with van der Waals surface area (Å²) >= 11 is 0. The molecule has 1 aromatic carbocycles. The van der Waals surface area contributed by atoms with Crippen molar-refractivity contribution < 1.29 is 16.1 Å². The molecule has 3 rings (SSSR count). The molecule has 2 fully saturated rings. The Morgan fingerprint density at radius 3 is 2.55 bits per heavy atom. The van der Waals surface area contributed by atoms with E-state index in [1.807, 2.05) is 30.3 Å². The Hall–Kier alpha value is -1.39. The maximum Gasteiger partial charge on any atom is 0.316 e. The molecule has 0 spiro atoms. The van der Waals surface area contributed by atoms with Crippen molar-refractivity contribution in [2.45, 2.75) is 56.2 Å². The third kappa shape index (κ3) is 3.18. The summed E-state index contributed by atoms with van der Waals surface area (Å²) in [5.41, 5.74) is 0.822. The van der Waals surface area contributed by atoms with Crippen molar-refractivity contribution >= 4 is 5.97 Å². The van der Waals surface area contributed by atoms with Gasteiger partial charge >= 0.3 is 5.97 Å². The number of piperidine rings is 2. The Bertz CT molecular complexity index is 496. The quantitative estimate of drug-likeness (QED) is 0.869. The molecule has 0 radical (unpaired) electrons. The topological polar surface area (TPSA) is 49.8 Å². The van der Waals surface area contributed by atoms with Crippen LogP contribution >= 0.6 is 0 Å². The molecule has 4 heteroatoms. The van der Waals surface area contributed by atoms with Crippen molar-refractivity contribution in [3.8, 4) is 0 Å². The van der Waals surface area contributed by atoms with Gasteiger partial charge in [-0.15, -0.1) is 0 Å². The molecular formula is C18H27NO3. The van der Waals surface area contributed by atoms with Gasteiger partial charge in [-0.25, -0.2) is 0 Å². The van der Waals surface area contributed by atoms with Gasteiger partial charge in [-0.2, -0.15) is 0 Å². The Labute approximate surface area is 133 Å². The largest absolute Gasteiger partial charge is 0.462 e. The van der Waals surface area contributed by atoms with Gasteiger partial charge in [0.05, 0.1) is 6.61 Å². The van der Waals surface area contributed by atoms with Crippen LogP contribution in [0.3, 0.4) is 0 Å². The highest BCUT2D eigenvalue weighted by Crippen LogP contribution is 2.34. The van der Waals surface area contributed by atoms with Crippen LogP contribution in [0.25, 0.3) is 0 Å². The highest BCUT2D eigenvalue weighted by Gasteiger charge is 2.38. The van der Waals surface area contributed by atoms with Crippen molar-refractivity contribution in [1.29, 1.82) is 0 Å². The van der Waals surface area contributed by atoms with Crippen LogP contribution in [-0.4, -0.2) is 47.8 Å². The van der Waals surface area contributed by atoms with Crippen LogP contribution in [0.2, 0.25) is 0 Å². The molecule has 2 saturated heterocycles. The van der Waals surface area contributed by atoms with E-state index >= 15 is 0 Å². The second-order valence-electron chi connectivity index (χ2n) is 6.58. The van der Waals surface area contributed by atoms with E-state index in [0.29, 0.717) is 12.1 Å². The van der Waals surface area contributed by atoms with Gasteiger partial charge in [0.1, 0.15) is 12.0 Å². The van der Waals surface area contributed by atoms with E-state index in [2.05, 4.69) is 11.9 Å². The number of hydrogen-bond donors (Lipinski definition) is 1. The minimum absolute atomic E-state index is 0. The fourth-order valence-electron chi connectivity index (χ4n) is 3.91. The van der Waals surface area contributed by atoms with Crippen LogP contribution in [0.4, 0.5) is 0 Å². The second-order valence-corrected chi connectivity index (χ2v) is 6.58. The van der Waals surface area contributed by atoms with Crippen LogP contribution in [0.5, 0.6) is 0 Å². The average Bonchev–Trinajstić information content (AvgIpc) is 2.50. The molecule has 0 saturated carbocycles. The van der Waals surface area contributed by atoms with Gasteiger partial charge in [0.2, 0.25) is 0 Å². The van der Waals surface area contributed by atoms with Gasteiger partial charge in [0.15, 0.2) is 0 Å². The van der Waals surface area contributed by atoms with Gasteiger partial charge in [-0.3, -0.25) is 4.79 Å². The van der Waals surface area contributed by atoms with E-state index in [4.69, 9.17) is 4.74 Å². The van der Waals surface area contributed by atoms with Crippen LogP contribution < -0.4 is 0 Å². The predicted molar refractivity (Wildman–Crippen MR) is 86.7 cm³/mol. The van der Waals surface area contributed by atoms with Crippen molar-refractivity contribution in [2.75, 3.05) is 13.7 Å². The zero-order chi connectivity index (χ0) is 15.5. The lowest BCUT2D eigenvalue weighted by atomic mass is 9.83. The van der Waals surface area contributed by atoms with E-state index in [1.54, 1.807) is 0 Å². The lowest BCUT2D eigenvalue weighted by Crippen LogP contribution is -2.52. The van der Waals surface area contributed by atoms with Gasteiger partial charge in [-0.05, 0) is 38.3 Å². The Morgan fingerprint density at radius 1 is 1.32 bits per heavy atom. The second kappa shape index (κ2) is 6.80. The number of carbonyl (C=O) groups is 1. The zero-order valence-electron chi connectivity index (χ0n) is 13.1. The molecule has 0 aliphatic carbocycles. The van der Waals surface area contributed by atoms with Crippen LogP contribution in [-0.2, 0) is 9.53 Å². The molecule has 2 bridgehead atoms. The molecule has 0 amide bonds. The number of aliphatic hydroxyl groups is 1. The highest BCUT2D eigenvalue weighted by atomic mass is 16.5. The summed E-state index contributed by atoms with van der Waals surface area (Å²) in [4.78, 5) is 14.9. The number of hydrogen-bond acceptors (Lipinski definition) is 4. The van der Waals surface area contributed by atoms with Crippen LogP contribution in [0.1, 0.15) is 45.0 Å². The van der Waals surface area contributed by atoms with E-state index in [9.17, 15) is 9.90 Å². The SMILES string of the molecule is CN1[C@@H]2CCC[C@H]1CC(OC(=O)C(CO)c1ccccc1)C2.[HH]. The third-order valence-corrected chi connectivity index (χ3v) is 5.25. The van der Waals surface area contributed by atoms with Crippen molar-refractivity contribution in [3.05, 3.63) is 35.9 Å². The van der Waals surface area contributed by atoms with E-state index in [-0.39, 0.29) is 20.1 Å². The number of nitrogens with zero attached hydrogens (tertiary/aromatic N) is 1. The first-order valence-electron chi connectivity index (χ1n) is 8.27. The van der Waals surface area contributed by atoms with E-state index in [1.165, 1.54) is 19.3 Å². The van der Waals surface area contributed by atoms with E-state index in [0.717, 1.165) is 18.4 Å². The molecule has 1 N–H and O–H groups in total. The summed E-state index contributed by atoms with van der Waals surface area (Å²) in [5, 5.41) is 9.57. The Morgan fingerprint density at radius 2 is 1.95 bits per heavy atom. The molecule has 22 heavy (non-hydrogen) atoms. The number of rotatable bonds is 4. The lowest BCUT2D eigenvalue weighted by molar-refractivity contribution is -0.157. The average molecular weight is 305 g/mol. The molecule has 2 unspecified atom stereocenters. The molecule has 122 valence electrons.